The van der Waals surface area contributed by atoms with Crippen LogP contribution in [-0.2, 0) is 4.79 Å². The van der Waals surface area contributed by atoms with E-state index in [9.17, 15) is 19.7 Å². The first-order chi connectivity index (χ1) is 10.9. The van der Waals surface area contributed by atoms with Crippen molar-refractivity contribution in [2.45, 2.75) is 44.7 Å². The number of anilines is 1. The van der Waals surface area contributed by atoms with Crippen LogP contribution in [0.4, 0.5) is 11.4 Å². The number of carboxylic acids is 1. The Kier molecular flexibility index (Phi) is 5.15. The monoisotopic (exact) mass is 321 g/mol. The summed E-state index contributed by atoms with van der Waals surface area (Å²) >= 11 is 0. The molecule has 0 heterocycles. The van der Waals surface area contributed by atoms with Crippen LogP contribution in [0.1, 0.15) is 43.0 Å². The van der Waals surface area contributed by atoms with Crippen LogP contribution in [-0.4, -0.2) is 34.0 Å². The Labute approximate surface area is 133 Å². The van der Waals surface area contributed by atoms with Gasteiger partial charge >= 0.3 is 5.97 Å². The Morgan fingerprint density at radius 2 is 2.13 bits per heavy atom. The van der Waals surface area contributed by atoms with E-state index in [2.05, 4.69) is 10.6 Å². The molecule has 3 N–H and O–H groups in total. The second kappa shape index (κ2) is 7.08. The lowest BCUT2D eigenvalue weighted by Gasteiger charge is -2.14. The molecule has 0 aromatic heterocycles. The molecular weight excluding hydrogens is 302 g/mol. The average Bonchev–Trinajstić information content (AvgIpc) is 3.30. The van der Waals surface area contributed by atoms with Gasteiger partial charge in [0, 0.05) is 17.7 Å². The van der Waals surface area contributed by atoms with E-state index in [0.717, 1.165) is 12.8 Å². The van der Waals surface area contributed by atoms with E-state index in [-0.39, 0.29) is 17.3 Å². The van der Waals surface area contributed by atoms with Crippen LogP contribution in [0.2, 0.25) is 0 Å². The molecule has 1 aliphatic rings. The number of carbonyl (C=O) groups excluding carboxylic acids is 1. The van der Waals surface area contributed by atoms with Crippen molar-refractivity contribution in [1.29, 1.82) is 0 Å². The topological polar surface area (TPSA) is 122 Å². The number of hydrogen-bond acceptors (Lipinski definition) is 5. The molecule has 2 rings (SSSR count). The number of rotatable bonds is 8. The molecule has 1 aliphatic carbocycles. The van der Waals surface area contributed by atoms with Crippen LogP contribution < -0.4 is 10.6 Å². The maximum Gasteiger partial charge on any atom is 0.326 e. The number of nitrogens with one attached hydrogen (secondary N) is 2. The minimum absolute atomic E-state index is 0.0698. The van der Waals surface area contributed by atoms with Crippen LogP contribution in [0.3, 0.4) is 0 Å². The molecular formula is C15H19N3O5. The Balaban J connectivity index is 2.17. The second-order valence-electron chi connectivity index (χ2n) is 5.56. The number of nitro benzene ring substituents is 1. The molecule has 1 saturated carbocycles. The number of amides is 1. The number of benzene rings is 1. The molecule has 1 aromatic rings. The number of aliphatic carboxylic acids is 1. The lowest BCUT2D eigenvalue weighted by molar-refractivity contribution is -0.384. The van der Waals surface area contributed by atoms with Crippen molar-refractivity contribution < 1.29 is 19.6 Å². The summed E-state index contributed by atoms with van der Waals surface area (Å²) in [6, 6.07) is 3.36. The van der Waals surface area contributed by atoms with Gasteiger partial charge in [-0.3, -0.25) is 14.9 Å². The van der Waals surface area contributed by atoms with E-state index in [4.69, 9.17) is 5.11 Å². The van der Waals surface area contributed by atoms with Gasteiger partial charge in [0.05, 0.1) is 4.92 Å². The highest BCUT2D eigenvalue weighted by molar-refractivity contribution is 5.97. The molecule has 0 aliphatic heterocycles. The normalized spacial score (nSPS) is 14.8. The third-order valence-corrected chi connectivity index (χ3v) is 3.57. The molecule has 23 heavy (non-hydrogen) atoms. The van der Waals surface area contributed by atoms with Crippen LogP contribution >= 0.6 is 0 Å². The lowest BCUT2D eigenvalue weighted by Crippen LogP contribution is -2.40. The van der Waals surface area contributed by atoms with Gasteiger partial charge in [0.15, 0.2) is 0 Å². The summed E-state index contributed by atoms with van der Waals surface area (Å²) in [5.41, 5.74) is 0.254. The highest BCUT2D eigenvalue weighted by atomic mass is 16.6. The molecule has 8 heteroatoms. The molecule has 1 amide bonds. The van der Waals surface area contributed by atoms with Gasteiger partial charge < -0.3 is 15.7 Å². The van der Waals surface area contributed by atoms with Crippen LogP contribution in [0.25, 0.3) is 0 Å². The predicted molar refractivity (Wildman–Crippen MR) is 83.5 cm³/mol. The molecule has 0 radical (unpaired) electrons. The van der Waals surface area contributed by atoms with Crippen LogP contribution in [0.5, 0.6) is 0 Å². The molecule has 1 atom stereocenters. The number of carboxylic acid groups (broad SMARTS) is 1. The van der Waals surface area contributed by atoms with Gasteiger partial charge in [-0.15, -0.1) is 0 Å². The highest BCUT2D eigenvalue weighted by Gasteiger charge is 2.26. The average molecular weight is 321 g/mol. The van der Waals surface area contributed by atoms with E-state index < -0.39 is 22.8 Å². The van der Waals surface area contributed by atoms with E-state index in [0.29, 0.717) is 18.5 Å². The summed E-state index contributed by atoms with van der Waals surface area (Å²) in [6.07, 6.45) is 2.83. The molecule has 8 nitrogen and oxygen atoms in total. The largest absolute Gasteiger partial charge is 0.480 e. The molecule has 1 unspecified atom stereocenters. The zero-order chi connectivity index (χ0) is 17.0. The molecule has 124 valence electrons. The third-order valence-electron chi connectivity index (χ3n) is 3.57. The van der Waals surface area contributed by atoms with Gasteiger partial charge in [0.2, 0.25) is 0 Å². The second-order valence-corrected chi connectivity index (χ2v) is 5.56. The van der Waals surface area contributed by atoms with Gasteiger partial charge in [-0.1, -0.05) is 13.3 Å². The van der Waals surface area contributed by atoms with Gasteiger partial charge in [-0.25, -0.2) is 4.79 Å². The first kappa shape index (κ1) is 16.7. The first-order valence-electron chi connectivity index (χ1n) is 7.51. The maximum absolute atomic E-state index is 12.1. The van der Waals surface area contributed by atoms with Crippen molar-refractivity contribution in [3.63, 3.8) is 0 Å². The minimum atomic E-state index is -1.12. The summed E-state index contributed by atoms with van der Waals surface area (Å²) in [5, 5.41) is 25.7. The fourth-order valence-electron chi connectivity index (χ4n) is 2.18. The van der Waals surface area contributed by atoms with Crippen LogP contribution in [0.15, 0.2) is 18.2 Å². The highest BCUT2D eigenvalue weighted by Crippen LogP contribution is 2.31. The molecule has 0 bridgehead atoms. The van der Waals surface area contributed by atoms with Crippen molar-refractivity contribution in [3.8, 4) is 0 Å². The van der Waals surface area contributed by atoms with E-state index in [1.165, 1.54) is 18.2 Å². The SMILES string of the molecule is CCCC(NC(=O)c1ccc(NC2CC2)c([N+](=O)[O-])c1)C(=O)O. The standard InChI is InChI=1S/C15H19N3O5/c1-2-3-12(15(20)21)17-14(19)9-4-7-11(16-10-5-6-10)13(8-9)18(22)23/h4,7-8,10,12,16H,2-3,5-6H2,1H3,(H,17,19)(H,20,21). The van der Waals surface area contributed by atoms with Crippen molar-refractivity contribution >= 4 is 23.3 Å². The zero-order valence-corrected chi connectivity index (χ0v) is 12.7. The Bertz CT molecular complexity index is 628. The van der Waals surface area contributed by atoms with E-state index >= 15 is 0 Å². The molecule has 1 fully saturated rings. The molecule has 1 aromatic carbocycles. The lowest BCUT2D eigenvalue weighted by atomic mass is 10.1. The van der Waals surface area contributed by atoms with Crippen molar-refractivity contribution in [2.24, 2.45) is 0 Å². The summed E-state index contributed by atoms with van der Waals surface area (Å²) in [4.78, 5) is 33.8. The Morgan fingerprint density at radius 1 is 1.43 bits per heavy atom. The van der Waals surface area contributed by atoms with Gasteiger partial charge in [-0.2, -0.15) is 0 Å². The smallest absolute Gasteiger partial charge is 0.326 e. The number of carbonyl (C=O) groups is 2. The predicted octanol–water partition coefficient (Wildman–Crippen LogP) is 2.15. The van der Waals surface area contributed by atoms with E-state index in [1.54, 1.807) is 0 Å². The van der Waals surface area contributed by atoms with Crippen molar-refractivity contribution in [3.05, 3.63) is 33.9 Å². The van der Waals surface area contributed by atoms with Gasteiger partial charge in [-0.05, 0) is 31.4 Å². The fourth-order valence-corrected chi connectivity index (χ4v) is 2.18. The summed E-state index contributed by atoms with van der Waals surface area (Å²) in [6.45, 7) is 1.81. The van der Waals surface area contributed by atoms with E-state index in [1.807, 2.05) is 6.92 Å². The van der Waals surface area contributed by atoms with Crippen molar-refractivity contribution in [1.82, 2.24) is 5.32 Å². The number of nitrogens with zero attached hydrogens (tertiary/aromatic N) is 1. The number of hydrogen-bond donors (Lipinski definition) is 3. The summed E-state index contributed by atoms with van der Waals surface area (Å²) in [5.74, 6) is -1.76. The summed E-state index contributed by atoms with van der Waals surface area (Å²) in [7, 11) is 0. The van der Waals surface area contributed by atoms with Crippen molar-refractivity contribution in [2.75, 3.05) is 5.32 Å². The Hall–Kier alpha value is -2.64. The Morgan fingerprint density at radius 3 is 2.65 bits per heavy atom. The quantitative estimate of drug-likeness (QED) is 0.498. The summed E-state index contributed by atoms with van der Waals surface area (Å²) < 4.78 is 0. The molecule has 0 spiro atoms. The van der Waals surface area contributed by atoms with Crippen LogP contribution in [0, 0.1) is 10.1 Å². The fraction of sp³-hybridized carbons (Fsp3) is 0.467. The number of nitro groups is 1. The third kappa shape index (κ3) is 4.41. The van der Waals surface area contributed by atoms with Gasteiger partial charge in [0.25, 0.3) is 11.6 Å². The molecule has 0 saturated heterocycles. The minimum Gasteiger partial charge on any atom is -0.480 e. The zero-order valence-electron chi connectivity index (χ0n) is 12.7. The maximum atomic E-state index is 12.1. The van der Waals surface area contributed by atoms with Gasteiger partial charge in [0.1, 0.15) is 11.7 Å². The first-order valence-corrected chi connectivity index (χ1v) is 7.51.